The van der Waals surface area contributed by atoms with Gasteiger partial charge in [-0.3, -0.25) is 0 Å². The van der Waals surface area contributed by atoms with Gasteiger partial charge in [-0.2, -0.15) is 4.98 Å². The Morgan fingerprint density at radius 2 is 1.84 bits per heavy atom. The second kappa shape index (κ2) is 5.95. The minimum absolute atomic E-state index is 0.226. The molecule has 19 heavy (non-hydrogen) atoms. The fourth-order valence-corrected chi connectivity index (χ4v) is 4.82. The molecule has 0 spiro atoms. The van der Waals surface area contributed by atoms with Crippen molar-refractivity contribution in [2.24, 2.45) is 0 Å². The first kappa shape index (κ1) is 13.6. The van der Waals surface area contributed by atoms with Crippen molar-refractivity contribution in [2.75, 3.05) is 11.5 Å². The molecule has 0 N–H and O–H groups in total. The highest BCUT2D eigenvalue weighted by atomic mass is 35.5. The van der Waals surface area contributed by atoms with Crippen LogP contribution in [0.2, 0.25) is 0 Å². The molecular weight excluding hydrogens is 323 g/mol. The lowest BCUT2D eigenvalue weighted by Crippen LogP contribution is -1.87. The molecule has 3 nitrogen and oxygen atoms in total. The molecule has 2 aromatic rings. The smallest absolute Gasteiger partial charge is 0.260 e. The summed E-state index contributed by atoms with van der Waals surface area (Å²) in [7, 11) is 0. The van der Waals surface area contributed by atoms with Gasteiger partial charge >= 0.3 is 0 Å². The molecule has 1 aromatic heterocycles. The van der Waals surface area contributed by atoms with Gasteiger partial charge in [0, 0.05) is 17.1 Å². The number of nitrogens with zero attached hydrogens (tertiary/aromatic N) is 2. The summed E-state index contributed by atoms with van der Waals surface area (Å²) in [6, 6.07) is 8.22. The van der Waals surface area contributed by atoms with Gasteiger partial charge < -0.3 is 4.52 Å². The predicted molar refractivity (Wildman–Crippen MR) is 81.8 cm³/mol. The molecule has 0 saturated carbocycles. The zero-order valence-corrected chi connectivity index (χ0v) is 12.9. The number of alkyl halides is 2. The van der Waals surface area contributed by atoms with Crippen LogP contribution in [0.1, 0.15) is 20.9 Å². The Morgan fingerprint density at radius 3 is 2.42 bits per heavy atom. The predicted octanol–water partition coefficient (Wildman–Crippen LogP) is 4.69. The quantitative estimate of drug-likeness (QED) is 0.762. The summed E-state index contributed by atoms with van der Waals surface area (Å²) < 4.78 is 5.52. The molecule has 7 heteroatoms. The van der Waals surface area contributed by atoms with Gasteiger partial charge in [0.15, 0.2) is 4.84 Å². The molecule has 0 unspecified atom stereocenters. The Balaban J connectivity index is 1.81. The molecule has 0 radical (unpaired) electrons. The number of thioether (sulfide) groups is 2. The number of halogens is 2. The van der Waals surface area contributed by atoms with Crippen molar-refractivity contribution in [1.29, 1.82) is 0 Å². The van der Waals surface area contributed by atoms with Crippen LogP contribution in [0.5, 0.6) is 0 Å². The number of benzene rings is 1. The zero-order valence-electron chi connectivity index (χ0n) is 9.75. The molecule has 2 heterocycles. The van der Waals surface area contributed by atoms with E-state index in [1.807, 2.05) is 35.7 Å². The van der Waals surface area contributed by atoms with Gasteiger partial charge in [0.05, 0.1) is 4.58 Å². The molecule has 3 rings (SSSR count). The zero-order chi connectivity index (χ0) is 13.2. The number of hydrogen-bond acceptors (Lipinski definition) is 5. The second-order valence-corrected chi connectivity index (χ2v) is 7.77. The molecule has 1 aliphatic rings. The second-order valence-electron chi connectivity index (χ2n) is 3.95. The van der Waals surface area contributed by atoms with Crippen LogP contribution in [-0.2, 0) is 0 Å². The van der Waals surface area contributed by atoms with Crippen LogP contribution in [0.15, 0.2) is 28.8 Å². The largest absolute Gasteiger partial charge is 0.336 e. The van der Waals surface area contributed by atoms with Crippen LogP contribution >= 0.6 is 46.7 Å². The minimum Gasteiger partial charge on any atom is -0.336 e. The van der Waals surface area contributed by atoms with Crippen LogP contribution < -0.4 is 0 Å². The highest BCUT2D eigenvalue weighted by molar-refractivity contribution is 8.19. The standard InChI is InChI=1S/C12H10Cl2N2OS2/c13-9(14)11-15-10(16-17-11)7-1-3-8(4-2-7)12-18-5-6-19-12/h1-4,9,12H,5-6H2. The van der Waals surface area contributed by atoms with E-state index in [-0.39, 0.29) is 5.89 Å². The molecule has 100 valence electrons. The Hall–Kier alpha value is -0.360. The monoisotopic (exact) mass is 332 g/mol. The van der Waals surface area contributed by atoms with E-state index in [4.69, 9.17) is 27.7 Å². The highest BCUT2D eigenvalue weighted by Gasteiger charge is 2.19. The minimum atomic E-state index is -0.785. The molecule has 0 atom stereocenters. The fourth-order valence-electron chi connectivity index (χ4n) is 1.78. The van der Waals surface area contributed by atoms with E-state index in [1.54, 1.807) is 0 Å². The van der Waals surface area contributed by atoms with Crippen molar-refractivity contribution in [3.8, 4) is 11.4 Å². The summed E-state index contributed by atoms with van der Waals surface area (Å²) in [5.41, 5.74) is 2.23. The van der Waals surface area contributed by atoms with Gasteiger partial charge in [-0.1, -0.05) is 52.6 Å². The topological polar surface area (TPSA) is 38.9 Å². The van der Waals surface area contributed by atoms with Crippen molar-refractivity contribution >= 4 is 46.7 Å². The normalized spacial score (nSPS) is 16.4. The molecule has 1 aromatic carbocycles. The van der Waals surface area contributed by atoms with Gasteiger partial charge in [0.25, 0.3) is 5.89 Å². The third kappa shape index (κ3) is 3.05. The summed E-state index contributed by atoms with van der Waals surface area (Å²) >= 11 is 15.3. The van der Waals surface area contributed by atoms with E-state index in [1.165, 1.54) is 17.1 Å². The Bertz CT molecular complexity index is 553. The molecule has 1 aliphatic heterocycles. The van der Waals surface area contributed by atoms with Gasteiger partial charge in [0.2, 0.25) is 5.82 Å². The first-order chi connectivity index (χ1) is 9.24. The first-order valence-corrected chi connectivity index (χ1v) is 8.66. The number of rotatable bonds is 3. The summed E-state index contributed by atoms with van der Waals surface area (Å²) in [4.78, 5) is 3.37. The molecule has 0 amide bonds. The first-order valence-electron chi connectivity index (χ1n) is 5.69. The summed E-state index contributed by atoms with van der Waals surface area (Å²) in [5, 5.41) is 3.87. The summed E-state index contributed by atoms with van der Waals surface area (Å²) in [6.45, 7) is 0. The third-order valence-electron chi connectivity index (χ3n) is 2.69. The Morgan fingerprint density at radius 1 is 1.16 bits per heavy atom. The van der Waals surface area contributed by atoms with Crippen LogP contribution in [0.3, 0.4) is 0 Å². The van der Waals surface area contributed by atoms with E-state index < -0.39 is 4.84 Å². The van der Waals surface area contributed by atoms with E-state index >= 15 is 0 Å². The highest BCUT2D eigenvalue weighted by Crippen LogP contribution is 2.45. The average molecular weight is 333 g/mol. The van der Waals surface area contributed by atoms with Gasteiger partial charge in [-0.05, 0) is 5.56 Å². The Kier molecular flexibility index (Phi) is 4.27. The third-order valence-corrected chi connectivity index (χ3v) is 6.17. The number of hydrogen-bond donors (Lipinski definition) is 0. The van der Waals surface area contributed by atoms with E-state index in [0.717, 1.165) is 5.56 Å². The lowest BCUT2D eigenvalue weighted by Gasteiger charge is -2.07. The van der Waals surface area contributed by atoms with Crippen molar-refractivity contribution in [2.45, 2.75) is 9.42 Å². The maximum atomic E-state index is 5.68. The van der Waals surface area contributed by atoms with E-state index in [9.17, 15) is 0 Å². The van der Waals surface area contributed by atoms with Crippen molar-refractivity contribution < 1.29 is 4.52 Å². The lowest BCUT2D eigenvalue weighted by molar-refractivity contribution is 0.388. The maximum absolute atomic E-state index is 5.68. The van der Waals surface area contributed by atoms with E-state index in [2.05, 4.69) is 22.3 Å². The average Bonchev–Trinajstić information content (AvgIpc) is 3.11. The van der Waals surface area contributed by atoms with Crippen LogP contribution in [0, 0.1) is 0 Å². The van der Waals surface area contributed by atoms with Crippen molar-refractivity contribution in [3.63, 3.8) is 0 Å². The molecule has 1 saturated heterocycles. The Labute approximate surface area is 129 Å². The molecular formula is C12H10Cl2N2OS2. The molecule has 1 fully saturated rings. The van der Waals surface area contributed by atoms with Crippen LogP contribution in [0.4, 0.5) is 0 Å². The van der Waals surface area contributed by atoms with Gasteiger partial charge in [-0.25, -0.2) is 0 Å². The van der Waals surface area contributed by atoms with Crippen LogP contribution in [0.25, 0.3) is 11.4 Å². The number of aromatic nitrogens is 2. The molecule has 0 aliphatic carbocycles. The van der Waals surface area contributed by atoms with Gasteiger partial charge in [0.1, 0.15) is 0 Å². The summed E-state index contributed by atoms with van der Waals surface area (Å²) in [6.07, 6.45) is 0. The van der Waals surface area contributed by atoms with Crippen molar-refractivity contribution in [3.05, 3.63) is 35.7 Å². The van der Waals surface area contributed by atoms with Crippen molar-refractivity contribution in [1.82, 2.24) is 10.1 Å². The summed E-state index contributed by atoms with van der Waals surface area (Å²) in [5.74, 6) is 3.18. The van der Waals surface area contributed by atoms with E-state index in [0.29, 0.717) is 10.4 Å². The SMILES string of the molecule is ClC(Cl)c1nc(-c2ccc(C3SCCS3)cc2)no1. The molecule has 0 bridgehead atoms. The lowest BCUT2D eigenvalue weighted by atomic mass is 10.1. The fraction of sp³-hybridized carbons (Fsp3) is 0.333. The van der Waals surface area contributed by atoms with Crippen LogP contribution in [-0.4, -0.2) is 21.6 Å². The van der Waals surface area contributed by atoms with Gasteiger partial charge in [-0.15, -0.1) is 23.5 Å². The maximum Gasteiger partial charge on any atom is 0.260 e.